The van der Waals surface area contributed by atoms with Crippen LogP contribution in [0.2, 0.25) is 0 Å². The quantitative estimate of drug-likeness (QED) is 0.335. The number of benzene rings is 1. The molecule has 3 amide bonds. The molecule has 0 spiro atoms. The molecule has 1 atom stereocenters. The van der Waals surface area contributed by atoms with Crippen LogP contribution in [-0.2, 0) is 20.9 Å². The molecular weight excluding hydrogens is 534 g/mol. The average molecular weight is 561 g/mol. The first-order valence-corrected chi connectivity index (χ1v) is 11.7. The first-order chi connectivity index (χ1) is 18.9. The molecule has 0 aliphatic rings. The van der Waals surface area contributed by atoms with Crippen LogP contribution in [0.4, 0.5) is 24.1 Å². The number of ether oxygens (including phenoxy) is 1. The summed E-state index contributed by atoms with van der Waals surface area (Å²) in [5.41, 5.74) is -1.29. The number of nitrogens with one attached hydrogen (secondary N) is 2. The molecule has 0 radical (unpaired) electrons. The van der Waals surface area contributed by atoms with E-state index in [9.17, 15) is 37.9 Å². The van der Waals surface area contributed by atoms with Crippen molar-refractivity contribution in [2.24, 2.45) is 0 Å². The number of carbonyl (C=O) groups is 4. The molecule has 1 aromatic carbocycles. The molecule has 0 fully saturated rings. The summed E-state index contributed by atoms with van der Waals surface area (Å²) in [4.78, 5) is 66.7. The summed E-state index contributed by atoms with van der Waals surface area (Å²) in [6.07, 6.45) is 2.03. The van der Waals surface area contributed by atoms with E-state index in [0.717, 1.165) is 17.7 Å². The van der Waals surface area contributed by atoms with Gasteiger partial charge in [0.1, 0.15) is 17.6 Å². The molecule has 2 aromatic heterocycles. The predicted molar refractivity (Wildman–Crippen MR) is 138 cm³/mol. The van der Waals surface area contributed by atoms with Gasteiger partial charge in [-0.3, -0.25) is 14.4 Å². The monoisotopic (exact) mass is 560 g/mol. The molecule has 3 aromatic rings. The van der Waals surface area contributed by atoms with Crippen LogP contribution in [0, 0.1) is 11.6 Å². The molecule has 212 valence electrons. The number of nitrogens with zero attached hydrogens (tertiary/aromatic N) is 4. The largest absolute Gasteiger partial charge is 0.464 e. The normalized spacial score (nSPS) is 11.8. The number of carboxylic acid groups (broad SMARTS) is 1. The minimum Gasteiger partial charge on any atom is -0.464 e. The Morgan fingerprint density at radius 1 is 1.20 bits per heavy atom. The van der Waals surface area contributed by atoms with Crippen molar-refractivity contribution < 1.29 is 37.8 Å². The highest BCUT2D eigenvalue weighted by Gasteiger charge is 2.23. The van der Waals surface area contributed by atoms with Crippen molar-refractivity contribution in [1.29, 1.82) is 0 Å². The number of allylic oxidation sites excluding steroid dienone is 1. The number of anilines is 1. The lowest BCUT2D eigenvalue weighted by Gasteiger charge is -2.17. The average Bonchev–Trinajstić information content (AvgIpc) is 3.24. The van der Waals surface area contributed by atoms with Crippen LogP contribution < -0.4 is 16.2 Å². The van der Waals surface area contributed by atoms with Crippen LogP contribution in [0.25, 0.3) is 11.0 Å². The number of hydrogen-bond acceptors (Lipinski definition) is 7. The number of rotatable bonds is 9. The van der Waals surface area contributed by atoms with E-state index in [1.54, 1.807) is 14.1 Å². The van der Waals surface area contributed by atoms with Gasteiger partial charge in [-0.2, -0.15) is 0 Å². The zero-order valence-electron chi connectivity index (χ0n) is 21.7. The molecule has 15 heteroatoms. The van der Waals surface area contributed by atoms with E-state index in [0.29, 0.717) is 10.6 Å². The summed E-state index contributed by atoms with van der Waals surface area (Å²) >= 11 is 0. The standard InChI is InChI=1S/C25H26F2N6O7/c1-31(2)21(34)9-5-4-7-16(30-24(37)40-3)22(35)29-17-8-6-10-32(23(17)36)13-20-28-18-11-14(26)15(27)12-19(18)33(20)25(38)39/h5-6,8-12,16H,4,7,13H2,1-3H3,(H,29,35)(H,30,37)(H,38,39)/b9-5+/t16-/m0/s1. The summed E-state index contributed by atoms with van der Waals surface area (Å²) in [7, 11) is 4.26. The molecule has 0 aliphatic carbocycles. The highest BCUT2D eigenvalue weighted by atomic mass is 19.2. The minimum atomic E-state index is -1.53. The zero-order valence-corrected chi connectivity index (χ0v) is 21.7. The fraction of sp³-hybridized carbons (Fsp3) is 0.280. The van der Waals surface area contributed by atoms with Gasteiger partial charge in [0, 0.05) is 32.4 Å². The maximum Gasteiger partial charge on any atom is 0.417 e. The van der Waals surface area contributed by atoms with E-state index in [2.05, 4.69) is 20.4 Å². The van der Waals surface area contributed by atoms with Gasteiger partial charge in [0.05, 0.1) is 24.7 Å². The highest BCUT2D eigenvalue weighted by Crippen LogP contribution is 2.20. The third-order valence-electron chi connectivity index (χ3n) is 5.66. The Morgan fingerprint density at radius 3 is 2.55 bits per heavy atom. The van der Waals surface area contributed by atoms with Crippen molar-refractivity contribution in [3.63, 3.8) is 0 Å². The molecule has 0 saturated carbocycles. The lowest BCUT2D eigenvalue weighted by Crippen LogP contribution is -2.44. The van der Waals surface area contributed by atoms with Crippen LogP contribution in [0.1, 0.15) is 18.7 Å². The van der Waals surface area contributed by atoms with Gasteiger partial charge in [-0.1, -0.05) is 6.08 Å². The number of methoxy groups -OCH3 is 1. The van der Waals surface area contributed by atoms with Crippen molar-refractivity contribution in [2.75, 3.05) is 26.5 Å². The van der Waals surface area contributed by atoms with Crippen molar-refractivity contribution in [3.05, 3.63) is 70.4 Å². The Bertz CT molecular complexity index is 1550. The van der Waals surface area contributed by atoms with Crippen LogP contribution in [-0.4, -0.2) is 75.4 Å². The summed E-state index contributed by atoms with van der Waals surface area (Å²) in [6.45, 7) is -0.415. The van der Waals surface area contributed by atoms with Gasteiger partial charge in [-0.05, 0) is 31.1 Å². The summed E-state index contributed by atoms with van der Waals surface area (Å²) < 4.78 is 33.6. The Hall–Kier alpha value is -5.08. The maximum atomic E-state index is 13.7. The van der Waals surface area contributed by atoms with Gasteiger partial charge in [0.15, 0.2) is 11.6 Å². The number of imidazole rings is 1. The minimum absolute atomic E-state index is 0.0644. The smallest absolute Gasteiger partial charge is 0.417 e. The molecule has 0 saturated heterocycles. The van der Waals surface area contributed by atoms with E-state index in [1.165, 1.54) is 35.4 Å². The summed E-state index contributed by atoms with van der Waals surface area (Å²) in [5.74, 6) is -3.71. The van der Waals surface area contributed by atoms with Crippen molar-refractivity contribution in [3.8, 4) is 0 Å². The summed E-state index contributed by atoms with van der Waals surface area (Å²) in [5, 5.41) is 14.4. The Labute approximate surface area is 225 Å². The third kappa shape index (κ3) is 6.86. The fourth-order valence-electron chi connectivity index (χ4n) is 3.64. The Balaban J connectivity index is 1.84. The first kappa shape index (κ1) is 29.5. The van der Waals surface area contributed by atoms with Crippen LogP contribution in [0.5, 0.6) is 0 Å². The van der Waals surface area contributed by atoms with Crippen LogP contribution in [0.15, 0.2) is 47.4 Å². The van der Waals surface area contributed by atoms with Gasteiger partial charge in [-0.25, -0.2) is 27.9 Å². The number of halogens is 2. The number of amides is 3. The SMILES string of the molecule is COC(=O)N[C@@H](CC/C=C/C(=O)N(C)C)C(=O)Nc1cccn(Cc2nc3cc(F)c(F)cc3n2C(=O)O)c1=O. The van der Waals surface area contributed by atoms with E-state index >= 15 is 0 Å². The van der Waals surface area contributed by atoms with Crippen LogP contribution in [0.3, 0.4) is 0 Å². The second-order valence-corrected chi connectivity index (χ2v) is 8.65. The molecule has 3 rings (SSSR count). The highest BCUT2D eigenvalue weighted by molar-refractivity contribution is 5.96. The van der Waals surface area contributed by atoms with Gasteiger partial charge < -0.3 is 29.9 Å². The summed E-state index contributed by atoms with van der Waals surface area (Å²) in [6, 6.07) is 3.00. The molecule has 2 heterocycles. The zero-order chi connectivity index (χ0) is 29.6. The number of likely N-dealkylation sites (N-methyl/N-ethyl adjacent to an activating group) is 1. The van der Waals surface area contributed by atoms with Crippen LogP contribution >= 0.6 is 0 Å². The van der Waals surface area contributed by atoms with E-state index < -0.39 is 47.9 Å². The lowest BCUT2D eigenvalue weighted by atomic mass is 10.1. The number of alkyl carbamates (subject to hydrolysis) is 1. The third-order valence-corrected chi connectivity index (χ3v) is 5.66. The van der Waals surface area contributed by atoms with Gasteiger partial charge in [0.2, 0.25) is 11.8 Å². The van der Waals surface area contributed by atoms with Crippen molar-refractivity contribution in [1.82, 2.24) is 24.3 Å². The molecule has 40 heavy (non-hydrogen) atoms. The predicted octanol–water partition coefficient (Wildman–Crippen LogP) is 2.14. The van der Waals surface area contributed by atoms with Crippen molar-refractivity contribution >= 4 is 40.7 Å². The van der Waals surface area contributed by atoms with Gasteiger partial charge in [0.25, 0.3) is 5.56 Å². The molecular formula is C25H26F2N6O7. The second kappa shape index (κ2) is 12.6. The van der Waals surface area contributed by atoms with Crippen molar-refractivity contribution in [2.45, 2.75) is 25.4 Å². The second-order valence-electron chi connectivity index (χ2n) is 8.65. The molecule has 3 N–H and O–H groups in total. The fourth-order valence-corrected chi connectivity index (χ4v) is 3.64. The first-order valence-electron chi connectivity index (χ1n) is 11.7. The van der Waals surface area contributed by atoms with E-state index in [-0.39, 0.29) is 41.3 Å². The molecule has 0 bridgehead atoms. The van der Waals surface area contributed by atoms with E-state index in [4.69, 9.17) is 0 Å². The van der Waals surface area contributed by atoms with E-state index in [1.807, 2.05) is 0 Å². The van der Waals surface area contributed by atoms with Gasteiger partial charge in [-0.15, -0.1) is 0 Å². The number of fused-ring (bicyclic) bond motifs is 1. The number of hydrogen-bond donors (Lipinski definition) is 3. The number of pyridine rings is 1. The van der Waals surface area contributed by atoms with Gasteiger partial charge >= 0.3 is 12.2 Å². The Morgan fingerprint density at radius 2 is 1.90 bits per heavy atom. The molecule has 0 aliphatic heterocycles. The number of carbonyl (C=O) groups excluding carboxylic acids is 3. The maximum absolute atomic E-state index is 13.7. The number of aromatic nitrogens is 3. The lowest BCUT2D eigenvalue weighted by molar-refractivity contribution is -0.123. The topological polar surface area (TPSA) is 165 Å². The molecule has 13 nitrogen and oxygen atoms in total. The molecule has 0 unspecified atom stereocenters. The Kier molecular flexibility index (Phi) is 9.32.